The van der Waals surface area contributed by atoms with Crippen molar-refractivity contribution in [2.75, 3.05) is 45.8 Å². The zero-order valence-electron chi connectivity index (χ0n) is 15.5. The SMILES string of the molecule is CCOc1ccccc1NC(=O)CN(C)CCOc1ccccc1OC. The molecule has 0 spiro atoms. The van der Waals surface area contributed by atoms with Crippen LogP contribution in [0.5, 0.6) is 17.2 Å². The lowest BCUT2D eigenvalue weighted by atomic mass is 10.3. The molecule has 1 amide bonds. The largest absolute Gasteiger partial charge is 0.493 e. The van der Waals surface area contributed by atoms with Crippen molar-refractivity contribution in [1.82, 2.24) is 4.90 Å². The van der Waals surface area contributed by atoms with Crippen molar-refractivity contribution in [2.45, 2.75) is 6.92 Å². The lowest BCUT2D eigenvalue weighted by molar-refractivity contribution is -0.117. The first kappa shape index (κ1) is 19.6. The number of nitrogens with zero attached hydrogens (tertiary/aromatic N) is 1. The lowest BCUT2D eigenvalue weighted by Crippen LogP contribution is -2.33. The molecule has 0 radical (unpaired) electrons. The molecule has 6 nitrogen and oxygen atoms in total. The van der Waals surface area contributed by atoms with Crippen LogP contribution in [-0.2, 0) is 4.79 Å². The normalized spacial score (nSPS) is 10.5. The molecule has 0 aliphatic heterocycles. The van der Waals surface area contributed by atoms with Crippen LogP contribution in [0.25, 0.3) is 0 Å². The number of likely N-dealkylation sites (N-methyl/N-ethyl adjacent to an activating group) is 1. The summed E-state index contributed by atoms with van der Waals surface area (Å²) in [6, 6.07) is 14.9. The monoisotopic (exact) mass is 358 g/mol. The van der Waals surface area contributed by atoms with Crippen molar-refractivity contribution < 1.29 is 19.0 Å². The number of rotatable bonds is 10. The maximum Gasteiger partial charge on any atom is 0.238 e. The number of methoxy groups -OCH3 is 1. The fraction of sp³-hybridized carbons (Fsp3) is 0.350. The van der Waals surface area contributed by atoms with E-state index in [0.29, 0.717) is 42.7 Å². The minimum Gasteiger partial charge on any atom is -0.493 e. The van der Waals surface area contributed by atoms with Crippen LogP contribution in [-0.4, -0.2) is 51.3 Å². The van der Waals surface area contributed by atoms with Crippen LogP contribution in [0.4, 0.5) is 5.69 Å². The molecule has 0 aromatic heterocycles. The van der Waals surface area contributed by atoms with E-state index in [9.17, 15) is 4.79 Å². The molecule has 2 rings (SSSR count). The maximum absolute atomic E-state index is 12.2. The number of hydrogen-bond donors (Lipinski definition) is 1. The van der Waals surface area contributed by atoms with Gasteiger partial charge in [0.25, 0.3) is 0 Å². The first-order chi connectivity index (χ1) is 12.6. The molecular weight excluding hydrogens is 332 g/mol. The number of ether oxygens (including phenoxy) is 3. The van der Waals surface area contributed by atoms with Crippen molar-refractivity contribution >= 4 is 11.6 Å². The third kappa shape index (κ3) is 5.97. The van der Waals surface area contributed by atoms with Gasteiger partial charge in [-0.3, -0.25) is 9.69 Å². The van der Waals surface area contributed by atoms with E-state index in [-0.39, 0.29) is 12.5 Å². The Morgan fingerprint density at radius 3 is 2.35 bits per heavy atom. The summed E-state index contributed by atoms with van der Waals surface area (Å²) in [5, 5.41) is 2.89. The topological polar surface area (TPSA) is 60.0 Å². The molecule has 26 heavy (non-hydrogen) atoms. The van der Waals surface area contributed by atoms with Gasteiger partial charge in [-0.05, 0) is 38.2 Å². The quantitative estimate of drug-likeness (QED) is 0.707. The first-order valence-corrected chi connectivity index (χ1v) is 8.60. The zero-order chi connectivity index (χ0) is 18.8. The van der Waals surface area contributed by atoms with E-state index >= 15 is 0 Å². The van der Waals surface area contributed by atoms with Gasteiger partial charge in [0.2, 0.25) is 5.91 Å². The Morgan fingerprint density at radius 2 is 1.65 bits per heavy atom. The molecule has 0 bridgehead atoms. The minimum atomic E-state index is -0.100. The standard InChI is InChI=1S/C20H26N2O4/c1-4-25-17-10-6-5-9-16(17)21-20(23)15-22(2)13-14-26-19-12-8-7-11-18(19)24-3/h5-12H,4,13-15H2,1-3H3,(H,21,23). The molecule has 0 saturated carbocycles. The van der Waals surface area contributed by atoms with Crippen molar-refractivity contribution in [3.8, 4) is 17.2 Å². The predicted molar refractivity (Wildman–Crippen MR) is 102 cm³/mol. The molecule has 0 unspecified atom stereocenters. The van der Waals surface area contributed by atoms with Gasteiger partial charge in [0.05, 0.1) is 25.9 Å². The van der Waals surface area contributed by atoms with E-state index in [4.69, 9.17) is 14.2 Å². The van der Waals surface area contributed by atoms with Crippen LogP contribution < -0.4 is 19.5 Å². The number of amides is 1. The van der Waals surface area contributed by atoms with E-state index in [1.807, 2.05) is 67.4 Å². The third-order valence-corrected chi connectivity index (χ3v) is 3.67. The molecule has 0 saturated heterocycles. The van der Waals surface area contributed by atoms with E-state index in [2.05, 4.69) is 5.32 Å². The van der Waals surface area contributed by atoms with Crippen molar-refractivity contribution in [2.24, 2.45) is 0 Å². The van der Waals surface area contributed by atoms with Crippen LogP contribution in [0.3, 0.4) is 0 Å². The molecule has 0 atom stereocenters. The molecule has 0 fully saturated rings. The van der Waals surface area contributed by atoms with Gasteiger partial charge in [-0.1, -0.05) is 24.3 Å². The summed E-state index contributed by atoms with van der Waals surface area (Å²) in [6.45, 7) is 3.79. The van der Waals surface area contributed by atoms with Crippen molar-refractivity contribution in [1.29, 1.82) is 0 Å². The second kappa shape index (κ2) is 10.3. The van der Waals surface area contributed by atoms with Gasteiger partial charge in [-0.2, -0.15) is 0 Å². The Morgan fingerprint density at radius 1 is 1.00 bits per heavy atom. The summed E-state index contributed by atoms with van der Waals surface area (Å²) in [5.41, 5.74) is 0.679. The molecule has 0 aliphatic rings. The molecule has 0 heterocycles. The van der Waals surface area contributed by atoms with Gasteiger partial charge in [0.1, 0.15) is 12.4 Å². The Balaban J connectivity index is 1.79. The van der Waals surface area contributed by atoms with Crippen LogP contribution in [0, 0.1) is 0 Å². The van der Waals surface area contributed by atoms with Crippen molar-refractivity contribution in [3.63, 3.8) is 0 Å². The zero-order valence-corrected chi connectivity index (χ0v) is 15.5. The van der Waals surface area contributed by atoms with Gasteiger partial charge in [-0.15, -0.1) is 0 Å². The molecule has 140 valence electrons. The van der Waals surface area contributed by atoms with E-state index in [1.165, 1.54) is 0 Å². The number of nitrogens with one attached hydrogen (secondary N) is 1. The smallest absolute Gasteiger partial charge is 0.238 e. The summed E-state index contributed by atoms with van der Waals surface area (Å²) in [6.07, 6.45) is 0. The fourth-order valence-corrected chi connectivity index (χ4v) is 2.41. The highest BCUT2D eigenvalue weighted by Crippen LogP contribution is 2.25. The van der Waals surface area contributed by atoms with Gasteiger partial charge in [-0.25, -0.2) is 0 Å². The Hall–Kier alpha value is -2.73. The highest BCUT2D eigenvalue weighted by atomic mass is 16.5. The summed E-state index contributed by atoms with van der Waals surface area (Å²) < 4.78 is 16.5. The maximum atomic E-state index is 12.2. The van der Waals surface area contributed by atoms with Crippen molar-refractivity contribution in [3.05, 3.63) is 48.5 Å². The molecule has 0 aliphatic carbocycles. The Kier molecular flexibility index (Phi) is 7.76. The molecule has 6 heteroatoms. The summed E-state index contributed by atoms with van der Waals surface area (Å²) >= 11 is 0. The molecular formula is C20H26N2O4. The first-order valence-electron chi connectivity index (χ1n) is 8.60. The van der Waals surface area contributed by atoms with Crippen LogP contribution in [0.2, 0.25) is 0 Å². The van der Waals surface area contributed by atoms with Gasteiger partial charge in [0, 0.05) is 6.54 Å². The third-order valence-electron chi connectivity index (χ3n) is 3.67. The number of para-hydroxylation sites is 4. The molecule has 2 aromatic carbocycles. The Labute approximate surface area is 154 Å². The highest BCUT2D eigenvalue weighted by Gasteiger charge is 2.10. The van der Waals surface area contributed by atoms with E-state index in [0.717, 1.165) is 0 Å². The summed E-state index contributed by atoms with van der Waals surface area (Å²) in [7, 11) is 3.48. The number of carbonyl (C=O) groups is 1. The average Bonchev–Trinajstić information content (AvgIpc) is 2.64. The lowest BCUT2D eigenvalue weighted by Gasteiger charge is -2.18. The average molecular weight is 358 g/mol. The second-order valence-corrected chi connectivity index (χ2v) is 5.71. The van der Waals surface area contributed by atoms with Gasteiger partial charge >= 0.3 is 0 Å². The molecule has 1 N–H and O–H groups in total. The van der Waals surface area contributed by atoms with E-state index < -0.39 is 0 Å². The fourth-order valence-electron chi connectivity index (χ4n) is 2.41. The van der Waals surface area contributed by atoms with Crippen LogP contribution in [0.1, 0.15) is 6.92 Å². The summed E-state index contributed by atoms with van der Waals surface area (Å²) in [4.78, 5) is 14.1. The predicted octanol–water partition coefficient (Wildman–Crippen LogP) is 3.04. The number of anilines is 1. The van der Waals surface area contributed by atoms with E-state index in [1.54, 1.807) is 7.11 Å². The summed E-state index contributed by atoms with van der Waals surface area (Å²) in [5.74, 6) is 1.96. The van der Waals surface area contributed by atoms with Gasteiger partial charge in [0.15, 0.2) is 11.5 Å². The second-order valence-electron chi connectivity index (χ2n) is 5.71. The van der Waals surface area contributed by atoms with Crippen LogP contribution in [0.15, 0.2) is 48.5 Å². The number of hydrogen-bond acceptors (Lipinski definition) is 5. The number of carbonyl (C=O) groups excluding carboxylic acids is 1. The number of benzene rings is 2. The van der Waals surface area contributed by atoms with Crippen LogP contribution >= 0.6 is 0 Å². The highest BCUT2D eigenvalue weighted by molar-refractivity contribution is 5.93. The van der Waals surface area contributed by atoms with Gasteiger partial charge < -0.3 is 19.5 Å². The molecule has 2 aromatic rings. The Bertz CT molecular complexity index is 706. The minimum absolute atomic E-state index is 0.100.